The van der Waals surface area contributed by atoms with Crippen molar-refractivity contribution in [1.82, 2.24) is 0 Å². The van der Waals surface area contributed by atoms with Crippen LogP contribution in [0.4, 0.5) is 11.4 Å². The molecule has 0 bridgehead atoms. The number of rotatable bonds is 3. The van der Waals surface area contributed by atoms with Gasteiger partial charge >= 0.3 is 0 Å². The van der Waals surface area contributed by atoms with Crippen LogP contribution in [0.1, 0.15) is 26.7 Å². The molecular weight excluding hydrogens is 334 g/mol. The summed E-state index contributed by atoms with van der Waals surface area (Å²) in [6, 6.07) is 5.87. The monoisotopic (exact) mass is 355 g/mol. The van der Waals surface area contributed by atoms with Crippen molar-refractivity contribution < 1.29 is 14.5 Å². The average molecular weight is 356 g/mol. The normalized spacial score (nSPS) is 30.3. The van der Waals surface area contributed by atoms with Gasteiger partial charge in [-0.2, -0.15) is 0 Å². The van der Waals surface area contributed by atoms with Crippen LogP contribution in [0.2, 0.25) is 0 Å². The molecule has 1 aromatic rings. The van der Waals surface area contributed by atoms with Gasteiger partial charge in [-0.15, -0.1) is 12.4 Å². The van der Waals surface area contributed by atoms with Crippen LogP contribution >= 0.6 is 12.4 Å². The van der Waals surface area contributed by atoms with Gasteiger partial charge in [-0.3, -0.25) is 14.9 Å². The molecule has 1 saturated heterocycles. The topological polar surface area (TPSA) is 107 Å². The van der Waals surface area contributed by atoms with Gasteiger partial charge < -0.3 is 15.8 Å². The summed E-state index contributed by atoms with van der Waals surface area (Å²) in [7, 11) is 0. The number of carbonyl (C=O) groups excluding carboxylic acids is 1. The second kappa shape index (κ2) is 6.31. The number of halogens is 1. The molecule has 3 N–H and O–H groups in total. The van der Waals surface area contributed by atoms with Crippen molar-refractivity contribution in [3.8, 4) is 0 Å². The molecule has 1 saturated carbocycles. The quantitative estimate of drug-likeness (QED) is 0.639. The number of benzene rings is 1. The van der Waals surface area contributed by atoms with Crippen molar-refractivity contribution in [3.63, 3.8) is 0 Å². The lowest BCUT2D eigenvalue weighted by Gasteiger charge is -2.65. The van der Waals surface area contributed by atoms with E-state index in [1.807, 2.05) is 13.8 Å². The third-order valence-electron chi connectivity index (χ3n) is 5.38. The number of nitrogens with one attached hydrogen (secondary N) is 1. The van der Waals surface area contributed by atoms with Crippen LogP contribution in [0.25, 0.3) is 0 Å². The number of amides is 1. The van der Waals surface area contributed by atoms with E-state index in [1.54, 1.807) is 6.07 Å². The number of nitro benzene ring substituents is 1. The highest BCUT2D eigenvalue weighted by Crippen LogP contribution is 2.57. The molecule has 1 amide bonds. The molecule has 3 rings (SSSR count). The molecule has 0 radical (unpaired) electrons. The molecule has 3 atom stereocenters. The number of nitrogens with two attached hydrogens (primary N) is 1. The summed E-state index contributed by atoms with van der Waals surface area (Å²) in [5.74, 6) is -0.334. The molecule has 2 fully saturated rings. The third kappa shape index (κ3) is 2.56. The van der Waals surface area contributed by atoms with Crippen LogP contribution in [-0.4, -0.2) is 29.1 Å². The minimum absolute atomic E-state index is 0. The number of non-ortho nitro benzene ring substituents is 1. The Bertz CT molecular complexity index is 666. The molecule has 8 heteroatoms. The maximum Gasteiger partial charge on any atom is 0.271 e. The maximum atomic E-state index is 12.8. The van der Waals surface area contributed by atoms with E-state index in [0.29, 0.717) is 12.3 Å². The zero-order chi connectivity index (χ0) is 16.8. The van der Waals surface area contributed by atoms with Gasteiger partial charge in [0, 0.05) is 35.8 Å². The highest BCUT2D eigenvalue weighted by atomic mass is 35.5. The Morgan fingerprint density at radius 2 is 2.17 bits per heavy atom. The van der Waals surface area contributed by atoms with Crippen LogP contribution in [0, 0.1) is 21.4 Å². The Morgan fingerprint density at radius 3 is 2.83 bits per heavy atom. The Balaban J connectivity index is 0.00000208. The smallest absolute Gasteiger partial charge is 0.271 e. The van der Waals surface area contributed by atoms with Crippen LogP contribution in [0.5, 0.6) is 0 Å². The van der Waals surface area contributed by atoms with E-state index in [0.717, 1.165) is 12.8 Å². The zero-order valence-corrected chi connectivity index (χ0v) is 14.5. The van der Waals surface area contributed by atoms with Gasteiger partial charge in [-0.1, -0.05) is 19.9 Å². The lowest BCUT2D eigenvalue weighted by molar-refractivity contribution is -0.384. The molecule has 0 aromatic heterocycles. The zero-order valence-electron chi connectivity index (χ0n) is 13.7. The predicted octanol–water partition coefficient (Wildman–Crippen LogP) is 2.49. The molecule has 2 aliphatic rings. The lowest BCUT2D eigenvalue weighted by atomic mass is 9.46. The van der Waals surface area contributed by atoms with Crippen molar-refractivity contribution in [3.05, 3.63) is 34.4 Å². The highest BCUT2D eigenvalue weighted by Gasteiger charge is 2.70. The first kappa shape index (κ1) is 18.6. The fraction of sp³-hybridized carbons (Fsp3) is 0.562. The lowest BCUT2D eigenvalue weighted by Crippen LogP contribution is -2.81. The largest absolute Gasteiger partial charge is 0.377 e. The fourth-order valence-electron chi connectivity index (χ4n) is 3.97. The predicted molar refractivity (Wildman–Crippen MR) is 92.1 cm³/mol. The van der Waals surface area contributed by atoms with E-state index in [2.05, 4.69) is 5.32 Å². The summed E-state index contributed by atoms with van der Waals surface area (Å²) < 4.78 is 5.79. The molecule has 1 aliphatic heterocycles. The number of ether oxygens (including phenoxy) is 1. The Hall–Kier alpha value is -1.70. The van der Waals surface area contributed by atoms with E-state index < -0.39 is 15.9 Å². The van der Waals surface area contributed by atoms with E-state index >= 15 is 0 Å². The molecular formula is C16H22ClN3O4. The fourth-order valence-corrected chi connectivity index (χ4v) is 3.97. The molecule has 1 aliphatic carbocycles. The van der Waals surface area contributed by atoms with E-state index in [-0.39, 0.29) is 36.0 Å². The summed E-state index contributed by atoms with van der Waals surface area (Å²) in [6.45, 7) is 4.58. The second-order valence-corrected chi connectivity index (χ2v) is 6.89. The summed E-state index contributed by atoms with van der Waals surface area (Å²) in [6.07, 6.45) is 1.73. The van der Waals surface area contributed by atoms with Crippen molar-refractivity contribution in [2.24, 2.45) is 17.1 Å². The van der Waals surface area contributed by atoms with Gasteiger partial charge in [0.25, 0.3) is 5.69 Å². The number of hydrogen-bond donors (Lipinski definition) is 2. The Labute approximate surface area is 146 Å². The van der Waals surface area contributed by atoms with Crippen molar-refractivity contribution in [1.29, 1.82) is 0 Å². The SMILES string of the molecule is CC1(C)C2OCCCC2C1(N)C(=O)Nc1cccc([N+](=O)[O-])c1.Cl. The number of nitrogens with zero attached hydrogens (tertiary/aromatic N) is 1. The maximum absolute atomic E-state index is 12.8. The first-order valence-electron chi connectivity index (χ1n) is 7.75. The first-order valence-corrected chi connectivity index (χ1v) is 7.75. The van der Waals surface area contributed by atoms with Gasteiger partial charge in [0.15, 0.2) is 0 Å². The summed E-state index contributed by atoms with van der Waals surface area (Å²) >= 11 is 0. The van der Waals surface area contributed by atoms with Crippen LogP contribution in [0.15, 0.2) is 24.3 Å². The van der Waals surface area contributed by atoms with Crippen molar-refractivity contribution >= 4 is 29.7 Å². The molecule has 1 aromatic carbocycles. The number of fused-ring (bicyclic) bond motifs is 1. The van der Waals surface area contributed by atoms with Gasteiger partial charge in [0.2, 0.25) is 5.91 Å². The molecule has 132 valence electrons. The standard InChI is InChI=1S/C16H21N3O4.ClH/c1-15(2)13-12(7-4-8-23-13)16(15,17)14(20)18-10-5-3-6-11(9-10)19(21)22;/h3,5-6,9,12-13H,4,7-8,17H2,1-2H3,(H,18,20);1H. The second-order valence-electron chi connectivity index (χ2n) is 6.89. The van der Waals surface area contributed by atoms with Crippen molar-refractivity contribution in [2.75, 3.05) is 11.9 Å². The first-order chi connectivity index (χ1) is 10.8. The van der Waals surface area contributed by atoms with Gasteiger partial charge in [0.05, 0.1) is 11.0 Å². The number of hydrogen-bond acceptors (Lipinski definition) is 5. The highest BCUT2D eigenvalue weighted by molar-refractivity contribution is 6.00. The molecule has 24 heavy (non-hydrogen) atoms. The van der Waals surface area contributed by atoms with Gasteiger partial charge in [-0.25, -0.2) is 0 Å². The van der Waals surface area contributed by atoms with Crippen LogP contribution in [-0.2, 0) is 9.53 Å². The van der Waals surface area contributed by atoms with E-state index in [1.165, 1.54) is 18.2 Å². The summed E-state index contributed by atoms with van der Waals surface area (Å²) in [4.78, 5) is 23.2. The van der Waals surface area contributed by atoms with E-state index in [9.17, 15) is 14.9 Å². The van der Waals surface area contributed by atoms with Gasteiger partial charge in [0.1, 0.15) is 5.54 Å². The third-order valence-corrected chi connectivity index (χ3v) is 5.38. The molecule has 7 nitrogen and oxygen atoms in total. The summed E-state index contributed by atoms with van der Waals surface area (Å²) in [5, 5.41) is 13.6. The van der Waals surface area contributed by atoms with Crippen LogP contribution < -0.4 is 11.1 Å². The van der Waals surface area contributed by atoms with E-state index in [4.69, 9.17) is 10.5 Å². The molecule has 0 spiro atoms. The minimum Gasteiger partial charge on any atom is -0.377 e. The molecule has 3 unspecified atom stereocenters. The molecule has 1 heterocycles. The number of nitro groups is 1. The Morgan fingerprint density at radius 1 is 1.46 bits per heavy atom. The van der Waals surface area contributed by atoms with Gasteiger partial charge in [-0.05, 0) is 18.9 Å². The Kier molecular flexibility index (Phi) is 4.90. The number of carbonyl (C=O) groups is 1. The van der Waals surface area contributed by atoms with Crippen LogP contribution in [0.3, 0.4) is 0 Å². The number of anilines is 1. The van der Waals surface area contributed by atoms with Crippen molar-refractivity contribution in [2.45, 2.75) is 38.3 Å². The average Bonchev–Trinajstić information content (AvgIpc) is 2.54. The summed E-state index contributed by atoms with van der Waals surface area (Å²) in [5.41, 5.74) is 5.29. The minimum atomic E-state index is -1.04.